The Morgan fingerprint density at radius 3 is 2.80 bits per heavy atom. The van der Waals surface area contributed by atoms with Crippen molar-refractivity contribution in [2.45, 2.75) is 19.8 Å². The molecule has 0 radical (unpaired) electrons. The Balaban J connectivity index is 2.31. The van der Waals surface area contributed by atoms with Gasteiger partial charge in [-0.1, -0.05) is 25.2 Å². The molecule has 0 saturated heterocycles. The standard InChI is InChI=1S/C10H14/c1-3-9-6-8-4-5-10(9,2)7-8/h3-5,8-9H,1,6-7H2,2H3. The third-order valence-corrected chi connectivity index (χ3v) is 3.14. The minimum absolute atomic E-state index is 0.479. The number of hydrogen-bond acceptors (Lipinski definition) is 0. The summed E-state index contributed by atoms with van der Waals surface area (Å²) in [7, 11) is 0. The van der Waals surface area contributed by atoms with Crippen molar-refractivity contribution in [2.75, 3.05) is 0 Å². The fourth-order valence-electron chi connectivity index (χ4n) is 2.45. The Kier molecular flexibility index (Phi) is 1.08. The summed E-state index contributed by atoms with van der Waals surface area (Å²) >= 11 is 0. The predicted molar refractivity (Wildman–Crippen MR) is 43.7 cm³/mol. The first-order valence-electron chi connectivity index (χ1n) is 4.06. The highest BCUT2D eigenvalue weighted by molar-refractivity contribution is 5.19. The molecule has 0 amide bonds. The van der Waals surface area contributed by atoms with Crippen LogP contribution in [0.4, 0.5) is 0 Å². The Labute approximate surface area is 62.6 Å². The molecule has 0 heterocycles. The third kappa shape index (κ3) is 0.622. The molecule has 54 valence electrons. The molecule has 2 aliphatic rings. The largest absolute Gasteiger partial charge is 0.103 e. The molecule has 2 aliphatic carbocycles. The van der Waals surface area contributed by atoms with Crippen molar-refractivity contribution in [3.8, 4) is 0 Å². The van der Waals surface area contributed by atoms with E-state index in [2.05, 4.69) is 31.7 Å². The van der Waals surface area contributed by atoms with E-state index >= 15 is 0 Å². The second-order valence-electron chi connectivity index (χ2n) is 3.91. The van der Waals surface area contributed by atoms with Crippen LogP contribution in [-0.2, 0) is 0 Å². The van der Waals surface area contributed by atoms with Gasteiger partial charge in [-0.2, -0.15) is 0 Å². The zero-order chi connectivity index (χ0) is 7.19. The Morgan fingerprint density at radius 1 is 1.70 bits per heavy atom. The van der Waals surface area contributed by atoms with Crippen molar-refractivity contribution < 1.29 is 0 Å². The van der Waals surface area contributed by atoms with Crippen molar-refractivity contribution in [3.63, 3.8) is 0 Å². The second-order valence-corrected chi connectivity index (χ2v) is 3.91. The summed E-state index contributed by atoms with van der Waals surface area (Å²) in [6.45, 7) is 6.22. The van der Waals surface area contributed by atoms with Crippen molar-refractivity contribution in [2.24, 2.45) is 17.3 Å². The monoisotopic (exact) mass is 134 g/mol. The number of fused-ring (bicyclic) bond motifs is 2. The molecule has 3 unspecified atom stereocenters. The molecular weight excluding hydrogens is 120 g/mol. The lowest BCUT2D eigenvalue weighted by Crippen LogP contribution is -2.15. The van der Waals surface area contributed by atoms with Crippen LogP contribution in [0.2, 0.25) is 0 Å². The summed E-state index contributed by atoms with van der Waals surface area (Å²) in [4.78, 5) is 0. The first-order chi connectivity index (χ1) is 4.74. The van der Waals surface area contributed by atoms with Gasteiger partial charge >= 0.3 is 0 Å². The highest BCUT2D eigenvalue weighted by Gasteiger charge is 2.43. The molecule has 2 rings (SSSR count). The van der Waals surface area contributed by atoms with E-state index in [9.17, 15) is 0 Å². The SMILES string of the molecule is C=CC1CC2C=CC1(C)C2. The van der Waals surface area contributed by atoms with E-state index < -0.39 is 0 Å². The molecule has 3 atom stereocenters. The Hall–Kier alpha value is -0.520. The van der Waals surface area contributed by atoms with E-state index in [-0.39, 0.29) is 0 Å². The van der Waals surface area contributed by atoms with Gasteiger partial charge in [0.15, 0.2) is 0 Å². The van der Waals surface area contributed by atoms with Crippen LogP contribution in [0, 0.1) is 17.3 Å². The van der Waals surface area contributed by atoms with Gasteiger partial charge in [-0.3, -0.25) is 0 Å². The van der Waals surface area contributed by atoms with E-state index in [1.54, 1.807) is 0 Å². The van der Waals surface area contributed by atoms with Gasteiger partial charge < -0.3 is 0 Å². The number of hydrogen-bond donors (Lipinski definition) is 0. The van der Waals surface area contributed by atoms with Crippen LogP contribution in [-0.4, -0.2) is 0 Å². The molecule has 0 N–H and O–H groups in total. The lowest BCUT2D eigenvalue weighted by molar-refractivity contribution is 0.369. The Bertz CT molecular complexity index is 190. The first-order valence-corrected chi connectivity index (χ1v) is 4.06. The summed E-state index contributed by atoms with van der Waals surface area (Å²) in [5.74, 6) is 1.62. The fourth-order valence-corrected chi connectivity index (χ4v) is 2.45. The number of rotatable bonds is 1. The first kappa shape index (κ1) is 6.21. The fraction of sp³-hybridized carbons (Fsp3) is 0.600. The minimum atomic E-state index is 0.479. The van der Waals surface area contributed by atoms with E-state index in [0.717, 1.165) is 11.8 Å². The van der Waals surface area contributed by atoms with Crippen molar-refractivity contribution in [3.05, 3.63) is 24.8 Å². The molecule has 0 aromatic rings. The van der Waals surface area contributed by atoms with Gasteiger partial charge in [0.25, 0.3) is 0 Å². The average molecular weight is 134 g/mol. The van der Waals surface area contributed by atoms with Gasteiger partial charge in [0.2, 0.25) is 0 Å². The smallest absolute Gasteiger partial charge is 0.00780 e. The lowest BCUT2D eigenvalue weighted by Gasteiger charge is -2.24. The minimum Gasteiger partial charge on any atom is -0.103 e. The molecule has 0 heteroatoms. The summed E-state index contributed by atoms with van der Waals surface area (Å²) in [6, 6.07) is 0. The van der Waals surface area contributed by atoms with Crippen molar-refractivity contribution in [1.82, 2.24) is 0 Å². The molecule has 0 aromatic heterocycles. The molecular formula is C10H14. The maximum Gasteiger partial charge on any atom is -0.00780 e. The van der Waals surface area contributed by atoms with E-state index in [4.69, 9.17) is 0 Å². The summed E-state index contributed by atoms with van der Waals surface area (Å²) in [5, 5.41) is 0. The quantitative estimate of drug-likeness (QED) is 0.484. The zero-order valence-electron chi connectivity index (χ0n) is 6.51. The van der Waals surface area contributed by atoms with Crippen molar-refractivity contribution in [1.29, 1.82) is 0 Å². The summed E-state index contributed by atoms with van der Waals surface area (Å²) in [5.41, 5.74) is 0.479. The van der Waals surface area contributed by atoms with E-state index in [0.29, 0.717) is 5.41 Å². The molecule has 10 heavy (non-hydrogen) atoms. The normalized spacial score (nSPS) is 50.1. The highest BCUT2D eigenvalue weighted by atomic mass is 14.5. The maximum absolute atomic E-state index is 3.87. The topological polar surface area (TPSA) is 0 Å². The third-order valence-electron chi connectivity index (χ3n) is 3.14. The summed E-state index contributed by atoms with van der Waals surface area (Å²) in [6.07, 6.45) is 9.59. The van der Waals surface area contributed by atoms with E-state index in [1.165, 1.54) is 12.8 Å². The second kappa shape index (κ2) is 1.75. The molecule has 2 bridgehead atoms. The zero-order valence-corrected chi connectivity index (χ0v) is 6.51. The van der Waals surface area contributed by atoms with Gasteiger partial charge in [-0.25, -0.2) is 0 Å². The Morgan fingerprint density at radius 2 is 2.50 bits per heavy atom. The van der Waals surface area contributed by atoms with Crippen LogP contribution in [0.3, 0.4) is 0 Å². The lowest BCUT2D eigenvalue weighted by atomic mass is 9.80. The van der Waals surface area contributed by atoms with E-state index in [1.807, 2.05) is 0 Å². The van der Waals surface area contributed by atoms with Crippen molar-refractivity contribution >= 4 is 0 Å². The molecule has 1 fully saturated rings. The van der Waals surface area contributed by atoms with Gasteiger partial charge in [-0.05, 0) is 30.1 Å². The maximum atomic E-state index is 3.87. The van der Waals surface area contributed by atoms with Crippen LogP contribution < -0.4 is 0 Å². The summed E-state index contributed by atoms with van der Waals surface area (Å²) < 4.78 is 0. The van der Waals surface area contributed by atoms with Gasteiger partial charge in [0.1, 0.15) is 0 Å². The van der Waals surface area contributed by atoms with Crippen LogP contribution in [0.5, 0.6) is 0 Å². The number of allylic oxidation sites excluding steroid dienone is 3. The van der Waals surface area contributed by atoms with Crippen LogP contribution in [0.15, 0.2) is 24.8 Å². The molecule has 0 spiro atoms. The molecule has 1 saturated carbocycles. The molecule has 0 nitrogen and oxygen atoms in total. The average Bonchev–Trinajstić information content (AvgIpc) is 2.41. The van der Waals surface area contributed by atoms with Crippen LogP contribution in [0.1, 0.15) is 19.8 Å². The molecule has 0 aliphatic heterocycles. The van der Waals surface area contributed by atoms with Gasteiger partial charge in [-0.15, -0.1) is 6.58 Å². The van der Waals surface area contributed by atoms with Gasteiger partial charge in [0.05, 0.1) is 0 Å². The molecule has 0 aromatic carbocycles. The van der Waals surface area contributed by atoms with Crippen LogP contribution >= 0.6 is 0 Å². The predicted octanol–water partition coefficient (Wildman–Crippen LogP) is 2.77. The van der Waals surface area contributed by atoms with Gasteiger partial charge in [0, 0.05) is 0 Å². The van der Waals surface area contributed by atoms with Crippen LogP contribution in [0.25, 0.3) is 0 Å². The highest BCUT2D eigenvalue weighted by Crippen LogP contribution is 2.53.